The van der Waals surface area contributed by atoms with Gasteiger partial charge in [0.25, 0.3) is 0 Å². The number of aliphatic hydroxyl groups is 1. The fraction of sp³-hybridized carbons (Fsp3) is 0.727. The minimum Gasteiger partial charge on any atom is -0.396 e. The highest BCUT2D eigenvalue weighted by Gasteiger charge is 2.00. The molecule has 0 saturated carbocycles. The largest absolute Gasteiger partial charge is 0.396 e. The lowest BCUT2D eigenvalue weighted by atomic mass is 10.2. The number of aliphatic hydroxyl groups excluding tert-OH is 1. The maximum Gasteiger partial charge on any atom is 0.243 e. The number of aryl methyl sites for hydroxylation is 2. The lowest BCUT2D eigenvalue weighted by molar-refractivity contribution is -0.696. The van der Waals surface area contributed by atoms with E-state index in [1.165, 1.54) is 12.8 Å². The number of imidazole rings is 1. The van der Waals surface area contributed by atoms with E-state index >= 15 is 0 Å². The second-order valence-corrected chi connectivity index (χ2v) is 3.62. The third-order valence-electron chi connectivity index (χ3n) is 2.44. The van der Waals surface area contributed by atoms with Crippen LogP contribution < -0.4 is 4.57 Å². The van der Waals surface area contributed by atoms with Gasteiger partial charge in [0.2, 0.25) is 6.33 Å². The van der Waals surface area contributed by atoms with Crippen LogP contribution in [-0.4, -0.2) is 16.3 Å². The van der Waals surface area contributed by atoms with Crippen LogP contribution in [0, 0.1) is 0 Å². The summed E-state index contributed by atoms with van der Waals surface area (Å²) >= 11 is 0. The van der Waals surface area contributed by atoms with Crippen LogP contribution in [0.15, 0.2) is 18.7 Å². The number of hydrogen-bond acceptors (Lipinski definition) is 1. The quantitative estimate of drug-likeness (QED) is 0.519. The normalized spacial score (nSPS) is 10.7. The SMILES string of the molecule is CCn1cc[n+](CCCCCCO)c1. The van der Waals surface area contributed by atoms with Crippen LogP contribution in [-0.2, 0) is 13.1 Å². The maximum absolute atomic E-state index is 8.61. The molecule has 1 aromatic heterocycles. The van der Waals surface area contributed by atoms with Gasteiger partial charge in [-0.05, 0) is 26.2 Å². The van der Waals surface area contributed by atoms with Crippen LogP contribution >= 0.6 is 0 Å². The summed E-state index contributed by atoms with van der Waals surface area (Å²) in [5.41, 5.74) is 0. The molecule has 0 saturated heterocycles. The third kappa shape index (κ3) is 3.92. The van der Waals surface area contributed by atoms with Gasteiger partial charge in [0.05, 0.1) is 13.1 Å². The van der Waals surface area contributed by atoms with E-state index in [2.05, 4.69) is 34.8 Å². The molecule has 0 fully saturated rings. The van der Waals surface area contributed by atoms with Crippen molar-refractivity contribution in [1.29, 1.82) is 0 Å². The van der Waals surface area contributed by atoms with Crippen LogP contribution in [0.5, 0.6) is 0 Å². The molecular formula is C11H21N2O+. The summed E-state index contributed by atoms with van der Waals surface area (Å²) in [6.45, 7) is 4.61. The average Bonchev–Trinajstić information content (AvgIpc) is 2.65. The molecule has 1 heterocycles. The first kappa shape index (κ1) is 11.2. The van der Waals surface area contributed by atoms with Gasteiger partial charge >= 0.3 is 0 Å². The van der Waals surface area contributed by atoms with Crippen molar-refractivity contribution in [3.8, 4) is 0 Å². The molecule has 0 spiro atoms. The van der Waals surface area contributed by atoms with Crippen LogP contribution in [0.4, 0.5) is 0 Å². The molecule has 0 atom stereocenters. The molecule has 80 valence electrons. The van der Waals surface area contributed by atoms with E-state index in [0.717, 1.165) is 25.9 Å². The Morgan fingerprint density at radius 2 is 2.00 bits per heavy atom. The van der Waals surface area contributed by atoms with Crippen molar-refractivity contribution in [3.05, 3.63) is 18.7 Å². The second-order valence-electron chi connectivity index (χ2n) is 3.62. The zero-order chi connectivity index (χ0) is 10.2. The Bertz CT molecular complexity index is 245. The number of aromatic nitrogens is 2. The molecule has 0 aliphatic carbocycles. The van der Waals surface area contributed by atoms with Gasteiger partial charge in [0.1, 0.15) is 12.4 Å². The Morgan fingerprint density at radius 3 is 2.64 bits per heavy atom. The van der Waals surface area contributed by atoms with Crippen LogP contribution in [0.1, 0.15) is 32.6 Å². The number of hydrogen-bond donors (Lipinski definition) is 1. The molecular weight excluding hydrogens is 176 g/mol. The minimum atomic E-state index is 0.333. The Labute approximate surface area is 86.0 Å². The Kier molecular flexibility index (Phi) is 5.30. The van der Waals surface area contributed by atoms with E-state index in [0.29, 0.717) is 6.61 Å². The lowest BCUT2D eigenvalue weighted by Crippen LogP contribution is -2.30. The molecule has 3 heteroatoms. The highest BCUT2D eigenvalue weighted by molar-refractivity contribution is 4.64. The zero-order valence-corrected chi connectivity index (χ0v) is 9.02. The number of rotatable bonds is 7. The van der Waals surface area contributed by atoms with Gasteiger partial charge in [0, 0.05) is 6.61 Å². The second kappa shape index (κ2) is 6.60. The van der Waals surface area contributed by atoms with E-state index in [1.807, 2.05) is 0 Å². The van der Waals surface area contributed by atoms with Crippen molar-refractivity contribution in [2.45, 2.75) is 45.7 Å². The molecule has 1 rings (SSSR count). The number of nitrogens with zero attached hydrogens (tertiary/aromatic N) is 2. The van der Waals surface area contributed by atoms with Gasteiger partial charge in [-0.3, -0.25) is 0 Å². The molecule has 0 aliphatic heterocycles. The van der Waals surface area contributed by atoms with E-state index in [1.54, 1.807) is 0 Å². The third-order valence-corrected chi connectivity index (χ3v) is 2.44. The molecule has 0 unspecified atom stereocenters. The van der Waals surface area contributed by atoms with Gasteiger partial charge in [-0.1, -0.05) is 6.42 Å². The average molecular weight is 197 g/mol. The first-order valence-corrected chi connectivity index (χ1v) is 5.52. The maximum atomic E-state index is 8.61. The summed E-state index contributed by atoms with van der Waals surface area (Å²) in [7, 11) is 0. The standard InChI is InChI=1S/C11H21N2O/c1-2-12-8-9-13(11-12)7-5-3-4-6-10-14/h8-9,11,14H,2-7,10H2,1H3/q+1. The first-order valence-electron chi connectivity index (χ1n) is 5.52. The Hall–Kier alpha value is -0.830. The van der Waals surface area contributed by atoms with E-state index in [4.69, 9.17) is 5.11 Å². The summed E-state index contributed by atoms with van der Waals surface area (Å²) in [6.07, 6.45) is 10.9. The molecule has 0 bridgehead atoms. The molecule has 3 nitrogen and oxygen atoms in total. The summed E-state index contributed by atoms with van der Waals surface area (Å²) in [4.78, 5) is 0. The molecule has 1 N–H and O–H groups in total. The first-order chi connectivity index (χ1) is 6.86. The van der Waals surface area contributed by atoms with Crippen LogP contribution in [0.3, 0.4) is 0 Å². The summed E-state index contributed by atoms with van der Waals surface area (Å²) in [5, 5.41) is 8.61. The van der Waals surface area contributed by atoms with Crippen molar-refractivity contribution in [1.82, 2.24) is 4.57 Å². The van der Waals surface area contributed by atoms with Crippen LogP contribution in [0.2, 0.25) is 0 Å². The Balaban J connectivity index is 2.12. The molecule has 1 aromatic rings. The summed E-state index contributed by atoms with van der Waals surface area (Å²) < 4.78 is 4.40. The fourth-order valence-electron chi connectivity index (χ4n) is 1.52. The van der Waals surface area contributed by atoms with Gasteiger partial charge in [0.15, 0.2) is 0 Å². The smallest absolute Gasteiger partial charge is 0.243 e. The van der Waals surface area contributed by atoms with Crippen molar-refractivity contribution < 1.29 is 9.67 Å². The van der Waals surface area contributed by atoms with Crippen molar-refractivity contribution in [2.24, 2.45) is 0 Å². The van der Waals surface area contributed by atoms with Crippen molar-refractivity contribution in [3.63, 3.8) is 0 Å². The molecule has 0 amide bonds. The lowest BCUT2D eigenvalue weighted by Gasteiger charge is -1.97. The topological polar surface area (TPSA) is 29.0 Å². The van der Waals surface area contributed by atoms with Gasteiger partial charge in [-0.2, -0.15) is 0 Å². The zero-order valence-electron chi connectivity index (χ0n) is 9.02. The highest BCUT2D eigenvalue weighted by Crippen LogP contribution is 1.98. The van der Waals surface area contributed by atoms with E-state index in [-0.39, 0.29) is 0 Å². The minimum absolute atomic E-state index is 0.333. The molecule has 0 radical (unpaired) electrons. The predicted molar refractivity (Wildman–Crippen MR) is 55.9 cm³/mol. The molecule has 14 heavy (non-hydrogen) atoms. The van der Waals surface area contributed by atoms with Gasteiger partial charge in [-0.25, -0.2) is 9.13 Å². The van der Waals surface area contributed by atoms with Gasteiger partial charge < -0.3 is 5.11 Å². The summed E-state index contributed by atoms with van der Waals surface area (Å²) in [5.74, 6) is 0. The molecule has 0 aromatic carbocycles. The van der Waals surface area contributed by atoms with Crippen molar-refractivity contribution >= 4 is 0 Å². The summed E-state index contributed by atoms with van der Waals surface area (Å²) in [6, 6.07) is 0. The van der Waals surface area contributed by atoms with Gasteiger partial charge in [-0.15, -0.1) is 0 Å². The monoisotopic (exact) mass is 197 g/mol. The Morgan fingerprint density at radius 1 is 1.21 bits per heavy atom. The highest BCUT2D eigenvalue weighted by atomic mass is 16.2. The van der Waals surface area contributed by atoms with Crippen molar-refractivity contribution in [2.75, 3.05) is 6.61 Å². The van der Waals surface area contributed by atoms with E-state index in [9.17, 15) is 0 Å². The fourth-order valence-corrected chi connectivity index (χ4v) is 1.52. The predicted octanol–water partition coefficient (Wildman–Crippen LogP) is 1.35. The molecule has 0 aliphatic rings. The van der Waals surface area contributed by atoms with E-state index < -0.39 is 0 Å². The van der Waals surface area contributed by atoms with Crippen LogP contribution in [0.25, 0.3) is 0 Å². The number of unbranched alkanes of at least 4 members (excludes halogenated alkanes) is 3.